The van der Waals surface area contributed by atoms with E-state index in [1.807, 2.05) is 0 Å². The molecular weight excluding hydrogens is 364 g/mol. The summed E-state index contributed by atoms with van der Waals surface area (Å²) in [5.41, 5.74) is 0.792. The third kappa shape index (κ3) is 5.60. The van der Waals surface area contributed by atoms with Crippen molar-refractivity contribution in [1.82, 2.24) is 10.6 Å². The number of ether oxygens (including phenoxy) is 2. The van der Waals surface area contributed by atoms with E-state index in [9.17, 15) is 14.4 Å². The number of aliphatic carboxylic acids is 1. The molecule has 0 aliphatic carbocycles. The van der Waals surface area contributed by atoms with Crippen molar-refractivity contribution in [2.24, 2.45) is 0 Å². The average Bonchev–Trinajstić information content (AvgIpc) is 2.71. The minimum atomic E-state index is -1.20. The molecule has 2 aromatic carbocycles. The lowest BCUT2D eigenvalue weighted by Crippen LogP contribution is -2.37. The van der Waals surface area contributed by atoms with Gasteiger partial charge in [0.05, 0.1) is 14.2 Å². The molecule has 28 heavy (non-hydrogen) atoms. The van der Waals surface area contributed by atoms with E-state index in [-0.39, 0.29) is 5.70 Å². The normalized spacial score (nSPS) is 10.7. The molecule has 2 rings (SSSR count). The van der Waals surface area contributed by atoms with Gasteiger partial charge in [-0.3, -0.25) is 14.4 Å². The number of carbonyl (C=O) groups excluding carboxylic acids is 2. The first kappa shape index (κ1) is 20.5. The second-order valence-electron chi connectivity index (χ2n) is 5.57. The third-order valence-corrected chi connectivity index (χ3v) is 3.65. The van der Waals surface area contributed by atoms with Crippen LogP contribution in [-0.4, -0.2) is 43.7 Å². The van der Waals surface area contributed by atoms with Crippen LogP contribution in [0.25, 0.3) is 6.08 Å². The molecule has 0 heterocycles. The zero-order valence-corrected chi connectivity index (χ0v) is 15.4. The summed E-state index contributed by atoms with van der Waals surface area (Å²) >= 11 is 0. The van der Waals surface area contributed by atoms with Crippen LogP contribution >= 0.6 is 0 Å². The smallest absolute Gasteiger partial charge is 0.322 e. The number of amides is 2. The van der Waals surface area contributed by atoms with E-state index in [1.165, 1.54) is 20.3 Å². The van der Waals surface area contributed by atoms with Gasteiger partial charge in [-0.15, -0.1) is 0 Å². The van der Waals surface area contributed by atoms with E-state index in [2.05, 4.69) is 10.6 Å². The van der Waals surface area contributed by atoms with Crippen molar-refractivity contribution in [3.63, 3.8) is 0 Å². The number of benzene rings is 2. The Morgan fingerprint density at radius 1 is 1.00 bits per heavy atom. The van der Waals surface area contributed by atoms with Crippen LogP contribution in [0.1, 0.15) is 15.9 Å². The fraction of sp³-hybridized carbons (Fsp3) is 0.150. The van der Waals surface area contributed by atoms with Gasteiger partial charge in [-0.25, -0.2) is 0 Å². The highest BCUT2D eigenvalue weighted by Gasteiger charge is 2.16. The molecule has 0 spiro atoms. The molecule has 0 radical (unpaired) electrons. The summed E-state index contributed by atoms with van der Waals surface area (Å²) in [5, 5.41) is 13.5. The predicted octanol–water partition coefficient (Wildman–Crippen LogP) is 1.68. The quantitative estimate of drug-likeness (QED) is 0.597. The lowest BCUT2D eigenvalue weighted by molar-refractivity contribution is -0.137. The van der Waals surface area contributed by atoms with E-state index in [0.717, 1.165) is 0 Å². The van der Waals surface area contributed by atoms with Crippen molar-refractivity contribution in [3.05, 3.63) is 65.4 Å². The molecule has 8 heteroatoms. The SMILES string of the molecule is COc1ccc(/C=C(\NC(=O)c2ccccc2)C(=O)NCC(=O)O)cc1OC. The van der Waals surface area contributed by atoms with Crippen LogP contribution in [-0.2, 0) is 9.59 Å². The molecule has 0 bridgehead atoms. The second kappa shape index (κ2) is 9.77. The van der Waals surface area contributed by atoms with Gasteiger partial charge < -0.3 is 25.2 Å². The fourth-order valence-electron chi connectivity index (χ4n) is 2.30. The molecule has 2 amide bonds. The topological polar surface area (TPSA) is 114 Å². The van der Waals surface area contributed by atoms with Gasteiger partial charge in [-0.2, -0.15) is 0 Å². The number of methoxy groups -OCH3 is 2. The van der Waals surface area contributed by atoms with Gasteiger partial charge in [0.2, 0.25) is 0 Å². The Labute approximate surface area is 161 Å². The van der Waals surface area contributed by atoms with Crippen molar-refractivity contribution < 1.29 is 29.0 Å². The van der Waals surface area contributed by atoms with Crippen LogP contribution < -0.4 is 20.1 Å². The molecule has 0 aromatic heterocycles. The lowest BCUT2D eigenvalue weighted by atomic mass is 10.1. The maximum Gasteiger partial charge on any atom is 0.322 e. The molecule has 0 fully saturated rings. The number of carboxylic acid groups (broad SMARTS) is 1. The summed E-state index contributed by atoms with van der Waals surface area (Å²) in [4.78, 5) is 35.5. The van der Waals surface area contributed by atoms with Gasteiger partial charge >= 0.3 is 5.97 Å². The monoisotopic (exact) mass is 384 g/mol. The number of hydrogen-bond acceptors (Lipinski definition) is 5. The summed E-state index contributed by atoms with van der Waals surface area (Å²) in [5.74, 6) is -1.49. The highest BCUT2D eigenvalue weighted by atomic mass is 16.5. The average molecular weight is 384 g/mol. The number of hydrogen-bond donors (Lipinski definition) is 3. The number of carboxylic acids is 1. The first-order chi connectivity index (χ1) is 13.4. The molecule has 0 unspecified atom stereocenters. The minimum absolute atomic E-state index is 0.109. The van der Waals surface area contributed by atoms with Crippen LogP contribution in [0, 0.1) is 0 Å². The van der Waals surface area contributed by atoms with Crippen LogP contribution in [0.3, 0.4) is 0 Å². The Bertz CT molecular complexity index is 893. The molecule has 0 atom stereocenters. The first-order valence-corrected chi connectivity index (χ1v) is 8.24. The van der Waals surface area contributed by atoms with Crippen LogP contribution in [0.5, 0.6) is 11.5 Å². The van der Waals surface area contributed by atoms with E-state index in [1.54, 1.807) is 48.5 Å². The Balaban J connectivity index is 2.34. The highest BCUT2D eigenvalue weighted by Crippen LogP contribution is 2.28. The van der Waals surface area contributed by atoms with E-state index in [4.69, 9.17) is 14.6 Å². The maximum atomic E-state index is 12.4. The standard InChI is InChI=1S/C20H20N2O6/c1-27-16-9-8-13(11-17(16)28-2)10-15(20(26)21-12-18(23)24)22-19(25)14-6-4-3-5-7-14/h3-11H,12H2,1-2H3,(H,21,26)(H,22,25)(H,23,24)/b15-10-. The van der Waals surface area contributed by atoms with E-state index < -0.39 is 24.3 Å². The first-order valence-electron chi connectivity index (χ1n) is 8.24. The zero-order chi connectivity index (χ0) is 20.5. The minimum Gasteiger partial charge on any atom is -0.493 e. The van der Waals surface area contributed by atoms with Gasteiger partial charge in [0.1, 0.15) is 12.2 Å². The molecule has 0 aliphatic rings. The lowest BCUT2D eigenvalue weighted by Gasteiger charge is -2.11. The van der Waals surface area contributed by atoms with Gasteiger partial charge in [0.25, 0.3) is 11.8 Å². The summed E-state index contributed by atoms with van der Waals surface area (Å²) in [7, 11) is 2.97. The number of carbonyl (C=O) groups is 3. The Morgan fingerprint density at radius 3 is 2.29 bits per heavy atom. The van der Waals surface area contributed by atoms with Crippen molar-refractivity contribution >= 4 is 23.9 Å². The largest absolute Gasteiger partial charge is 0.493 e. The Hall–Kier alpha value is -3.81. The van der Waals surface area contributed by atoms with Crippen molar-refractivity contribution in [1.29, 1.82) is 0 Å². The molecular formula is C20H20N2O6. The fourth-order valence-corrected chi connectivity index (χ4v) is 2.30. The molecule has 0 aliphatic heterocycles. The maximum absolute atomic E-state index is 12.4. The molecule has 0 saturated carbocycles. The molecule has 146 valence electrons. The van der Waals surface area contributed by atoms with Gasteiger partial charge in [-0.05, 0) is 35.9 Å². The second-order valence-corrected chi connectivity index (χ2v) is 5.57. The summed E-state index contributed by atoms with van der Waals surface area (Å²) in [6.07, 6.45) is 1.42. The Morgan fingerprint density at radius 2 is 1.68 bits per heavy atom. The highest BCUT2D eigenvalue weighted by molar-refractivity contribution is 6.05. The molecule has 0 saturated heterocycles. The van der Waals surface area contributed by atoms with Gasteiger partial charge in [0, 0.05) is 5.56 Å². The molecule has 3 N–H and O–H groups in total. The Kier molecular flexibility index (Phi) is 7.15. The predicted molar refractivity (Wildman–Crippen MR) is 102 cm³/mol. The van der Waals surface area contributed by atoms with Crippen molar-refractivity contribution in [2.45, 2.75) is 0 Å². The zero-order valence-electron chi connectivity index (χ0n) is 15.4. The van der Waals surface area contributed by atoms with Crippen molar-refractivity contribution in [2.75, 3.05) is 20.8 Å². The molecule has 8 nitrogen and oxygen atoms in total. The third-order valence-electron chi connectivity index (χ3n) is 3.65. The van der Waals surface area contributed by atoms with Gasteiger partial charge in [-0.1, -0.05) is 24.3 Å². The van der Waals surface area contributed by atoms with Crippen molar-refractivity contribution in [3.8, 4) is 11.5 Å². The molecule has 2 aromatic rings. The number of nitrogens with one attached hydrogen (secondary N) is 2. The van der Waals surface area contributed by atoms with Crippen LogP contribution in [0.15, 0.2) is 54.2 Å². The van der Waals surface area contributed by atoms with Gasteiger partial charge in [0.15, 0.2) is 11.5 Å². The van der Waals surface area contributed by atoms with Crippen LogP contribution in [0.4, 0.5) is 0 Å². The summed E-state index contributed by atoms with van der Waals surface area (Å²) < 4.78 is 10.4. The number of rotatable bonds is 8. The summed E-state index contributed by atoms with van der Waals surface area (Å²) in [6.45, 7) is -0.580. The van der Waals surface area contributed by atoms with E-state index in [0.29, 0.717) is 22.6 Å². The van der Waals surface area contributed by atoms with E-state index >= 15 is 0 Å². The van der Waals surface area contributed by atoms with Crippen LogP contribution in [0.2, 0.25) is 0 Å². The summed E-state index contributed by atoms with van der Waals surface area (Å²) in [6, 6.07) is 13.3.